The lowest BCUT2D eigenvalue weighted by molar-refractivity contribution is 0.267. The van der Waals surface area contributed by atoms with Crippen molar-refractivity contribution in [3.8, 4) is 0 Å². The van der Waals surface area contributed by atoms with Crippen LogP contribution < -0.4 is 10.6 Å². The highest BCUT2D eigenvalue weighted by Crippen LogP contribution is 2.16. The first-order chi connectivity index (χ1) is 14.5. The summed E-state index contributed by atoms with van der Waals surface area (Å²) < 4.78 is 1.99. The van der Waals surface area contributed by atoms with Crippen LogP contribution in [0.15, 0.2) is 29.3 Å². The van der Waals surface area contributed by atoms with Crippen molar-refractivity contribution in [3.63, 3.8) is 0 Å². The number of aromatic nitrogens is 3. The van der Waals surface area contributed by atoms with E-state index in [1.807, 2.05) is 18.5 Å². The molecule has 7 heteroatoms. The number of likely N-dealkylation sites (N-methyl/N-ethyl adjacent to an activating group) is 1. The Labute approximate surface area is 181 Å². The molecule has 1 aliphatic rings. The molecule has 1 aromatic carbocycles. The Balaban J connectivity index is 1.63. The van der Waals surface area contributed by atoms with Gasteiger partial charge in [0.25, 0.3) is 0 Å². The molecule has 30 heavy (non-hydrogen) atoms. The summed E-state index contributed by atoms with van der Waals surface area (Å²) in [6, 6.07) is 9.36. The Bertz CT molecular complexity index is 825. The Morgan fingerprint density at radius 3 is 2.63 bits per heavy atom. The van der Waals surface area contributed by atoms with Crippen LogP contribution >= 0.6 is 0 Å². The lowest BCUT2D eigenvalue weighted by Gasteiger charge is -2.24. The molecule has 0 spiro atoms. The van der Waals surface area contributed by atoms with Gasteiger partial charge >= 0.3 is 0 Å². The van der Waals surface area contributed by atoms with Gasteiger partial charge in [-0.3, -0.25) is 4.90 Å². The quantitative estimate of drug-likeness (QED) is 0.516. The van der Waals surface area contributed by atoms with E-state index >= 15 is 0 Å². The molecule has 0 bridgehead atoms. The van der Waals surface area contributed by atoms with E-state index in [2.05, 4.69) is 70.8 Å². The highest BCUT2D eigenvalue weighted by Gasteiger charge is 2.23. The van der Waals surface area contributed by atoms with Crippen molar-refractivity contribution in [3.05, 3.63) is 47.0 Å². The lowest BCUT2D eigenvalue weighted by Crippen LogP contribution is -2.45. The molecular formula is C23H37N7. The van der Waals surface area contributed by atoms with Crippen molar-refractivity contribution in [1.82, 2.24) is 30.3 Å². The lowest BCUT2D eigenvalue weighted by atomic mass is 10.0. The third-order valence-electron chi connectivity index (χ3n) is 6.19. The molecule has 2 N–H and O–H groups in total. The Morgan fingerprint density at radius 2 is 1.97 bits per heavy atom. The fourth-order valence-electron chi connectivity index (χ4n) is 3.93. The number of benzene rings is 1. The second kappa shape index (κ2) is 10.6. The average Bonchev–Trinajstić information content (AvgIpc) is 3.34. The molecule has 1 aliphatic heterocycles. The van der Waals surface area contributed by atoms with Gasteiger partial charge in [-0.1, -0.05) is 43.7 Å². The van der Waals surface area contributed by atoms with E-state index in [4.69, 9.17) is 4.99 Å². The van der Waals surface area contributed by atoms with Crippen LogP contribution in [0.25, 0.3) is 0 Å². The molecule has 0 radical (unpaired) electrons. The molecular weight excluding hydrogens is 374 g/mol. The molecule has 3 rings (SSSR count). The smallest absolute Gasteiger partial charge is 0.191 e. The maximum absolute atomic E-state index is 4.81. The first kappa shape index (κ1) is 22.3. The van der Waals surface area contributed by atoms with Crippen molar-refractivity contribution in [2.75, 3.05) is 26.2 Å². The summed E-state index contributed by atoms with van der Waals surface area (Å²) in [6.45, 7) is 13.1. The fourth-order valence-corrected chi connectivity index (χ4v) is 3.93. The summed E-state index contributed by atoms with van der Waals surface area (Å²) in [5.41, 5.74) is 2.63. The van der Waals surface area contributed by atoms with Gasteiger partial charge in [0.2, 0.25) is 0 Å². The molecule has 2 heterocycles. The van der Waals surface area contributed by atoms with Crippen LogP contribution in [0.3, 0.4) is 0 Å². The van der Waals surface area contributed by atoms with E-state index in [1.165, 1.54) is 30.5 Å². The number of rotatable bonds is 8. The van der Waals surface area contributed by atoms with Gasteiger partial charge in [0.1, 0.15) is 12.4 Å². The van der Waals surface area contributed by atoms with E-state index in [1.54, 1.807) is 0 Å². The summed E-state index contributed by atoms with van der Waals surface area (Å²) in [4.78, 5) is 7.36. The molecule has 1 saturated heterocycles. The molecule has 164 valence electrons. The van der Waals surface area contributed by atoms with Gasteiger partial charge in [-0.2, -0.15) is 0 Å². The van der Waals surface area contributed by atoms with E-state index < -0.39 is 0 Å². The first-order valence-corrected chi connectivity index (χ1v) is 11.2. The van der Waals surface area contributed by atoms with Crippen molar-refractivity contribution in [1.29, 1.82) is 0 Å². The van der Waals surface area contributed by atoms with Crippen LogP contribution in [0.5, 0.6) is 0 Å². The van der Waals surface area contributed by atoms with E-state index in [-0.39, 0.29) is 0 Å². The van der Waals surface area contributed by atoms with Crippen molar-refractivity contribution in [2.24, 2.45) is 12.0 Å². The number of hydrogen-bond donors (Lipinski definition) is 2. The van der Waals surface area contributed by atoms with Crippen LogP contribution in [-0.4, -0.2) is 57.8 Å². The van der Waals surface area contributed by atoms with Crippen LogP contribution in [0.2, 0.25) is 0 Å². The van der Waals surface area contributed by atoms with Gasteiger partial charge in [-0.25, -0.2) is 4.99 Å². The van der Waals surface area contributed by atoms with Crippen molar-refractivity contribution < 1.29 is 0 Å². The second-order valence-corrected chi connectivity index (χ2v) is 8.39. The van der Waals surface area contributed by atoms with Gasteiger partial charge in [0, 0.05) is 26.2 Å². The number of hydrogen-bond acceptors (Lipinski definition) is 4. The maximum atomic E-state index is 4.81. The van der Waals surface area contributed by atoms with Crippen LogP contribution in [0, 0.1) is 13.8 Å². The van der Waals surface area contributed by atoms with E-state index in [0.29, 0.717) is 18.5 Å². The molecule has 2 atom stereocenters. The Kier molecular flexibility index (Phi) is 7.85. The van der Waals surface area contributed by atoms with E-state index in [9.17, 15) is 0 Å². The minimum Gasteiger partial charge on any atom is -0.356 e. The third kappa shape index (κ3) is 5.81. The highest BCUT2D eigenvalue weighted by atomic mass is 15.3. The van der Waals surface area contributed by atoms with Crippen LogP contribution in [-0.2, 0) is 13.6 Å². The molecule has 2 unspecified atom stereocenters. The van der Waals surface area contributed by atoms with Gasteiger partial charge in [-0.15, -0.1) is 10.2 Å². The molecule has 1 aromatic heterocycles. The summed E-state index contributed by atoms with van der Waals surface area (Å²) in [5.74, 6) is 3.02. The summed E-state index contributed by atoms with van der Waals surface area (Å²) in [5, 5.41) is 15.5. The maximum Gasteiger partial charge on any atom is 0.191 e. The Morgan fingerprint density at radius 1 is 1.20 bits per heavy atom. The molecule has 0 amide bonds. The van der Waals surface area contributed by atoms with Crippen molar-refractivity contribution >= 4 is 5.96 Å². The zero-order valence-electron chi connectivity index (χ0n) is 19.1. The summed E-state index contributed by atoms with van der Waals surface area (Å²) in [6.07, 6.45) is 2.53. The van der Waals surface area contributed by atoms with Crippen molar-refractivity contribution in [2.45, 2.75) is 59.0 Å². The predicted molar refractivity (Wildman–Crippen MR) is 123 cm³/mol. The monoisotopic (exact) mass is 411 g/mol. The zero-order chi connectivity index (χ0) is 21.5. The minimum absolute atomic E-state index is 0.397. The minimum atomic E-state index is 0.397. The first-order valence-electron chi connectivity index (χ1n) is 11.2. The summed E-state index contributed by atoms with van der Waals surface area (Å²) >= 11 is 0. The SMILES string of the molecule is CCN1CCCC1CNC(=NCc1nnc(C)n1C)NCC(C)c1ccc(C)cc1. The Hall–Kier alpha value is -2.41. The van der Waals surface area contributed by atoms with Gasteiger partial charge in [0.15, 0.2) is 11.8 Å². The van der Waals surface area contributed by atoms with Crippen LogP contribution in [0.1, 0.15) is 55.4 Å². The third-order valence-corrected chi connectivity index (χ3v) is 6.19. The molecule has 0 saturated carbocycles. The number of nitrogens with one attached hydrogen (secondary N) is 2. The van der Waals surface area contributed by atoms with Gasteiger partial charge in [0.05, 0.1) is 0 Å². The average molecular weight is 412 g/mol. The highest BCUT2D eigenvalue weighted by molar-refractivity contribution is 5.79. The predicted octanol–water partition coefficient (Wildman–Crippen LogP) is 2.76. The summed E-state index contributed by atoms with van der Waals surface area (Å²) in [7, 11) is 1.98. The fraction of sp³-hybridized carbons (Fsp3) is 0.609. The molecule has 0 aliphatic carbocycles. The normalized spacial score (nSPS) is 18.6. The number of aliphatic imine (C=N–C) groups is 1. The standard InChI is InChI=1S/C23H37N7/c1-6-30-13-7-8-21(30)15-25-23(26-16-22-28-27-19(4)29(22)5)24-14-18(3)20-11-9-17(2)10-12-20/h9-12,18,21H,6-8,13-16H2,1-5H3,(H2,24,25,26). The van der Waals surface area contributed by atoms with Gasteiger partial charge < -0.3 is 15.2 Å². The molecule has 1 fully saturated rings. The van der Waals surface area contributed by atoms with E-state index in [0.717, 1.165) is 37.2 Å². The largest absolute Gasteiger partial charge is 0.356 e. The number of aryl methyl sites for hydroxylation is 2. The van der Waals surface area contributed by atoms with Crippen LogP contribution in [0.4, 0.5) is 0 Å². The van der Waals surface area contributed by atoms with Gasteiger partial charge in [-0.05, 0) is 51.3 Å². The topological polar surface area (TPSA) is 70.4 Å². The number of nitrogens with zero attached hydrogens (tertiary/aromatic N) is 5. The zero-order valence-corrected chi connectivity index (χ0v) is 19.1. The molecule has 7 nitrogen and oxygen atoms in total. The molecule has 2 aromatic rings. The number of likely N-dealkylation sites (tertiary alicyclic amines) is 1. The number of guanidine groups is 1. The second-order valence-electron chi connectivity index (χ2n) is 8.39.